The molecule has 1 amide bonds. The summed E-state index contributed by atoms with van der Waals surface area (Å²) in [4.78, 5) is 14.9. The Balaban J connectivity index is 1.49. The molecule has 1 saturated heterocycles. The maximum absolute atomic E-state index is 12.8. The van der Waals surface area contributed by atoms with E-state index in [1.165, 1.54) is 17.3 Å². The van der Waals surface area contributed by atoms with Gasteiger partial charge in [-0.2, -0.15) is 0 Å². The molecule has 2 heterocycles. The fourth-order valence-electron chi connectivity index (χ4n) is 3.17. The van der Waals surface area contributed by atoms with Crippen LogP contribution in [0.25, 0.3) is 6.08 Å². The van der Waals surface area contributed by atoms with Gasteiger partial charge in [0.2, 0.25) is 0 Å². The van der Waals surface area contributed by atoms with Gasteiger partial charge in [0, 0.05) is 0 Å². The van der Waals surface area contributed by atoms with E-state index in [0.717, 1.165) is 11.1 Å². The first kappa shape index (κ1) is 21.2. The minimum atomic E-state index is -0.134. The maximum atomic E-state index is 12.8. The summed E-state index contributed by atoms with van der Waals surface area (Å²) in [7, 11) is 1.60. The van der Waals surface area contributed by atoms with E-state index in [1.54, 1.807) is 24.3 Å². The zero-order chi connectivity index (χ0) is 21.8. The summed E-state index contributed by atoms with van der Waals surface area (Å²) in [5, 5.41) is 0. The molecule has 4 rings (SSSR count). The number of thioether (sulfide) groups is 1. The molecule has 31 heavy (non-hydrogen) atoms. The fraction of sp³-hybridized carbons (Fsp3) is 0.167. The Labute approximate surface area is 190 Å². The smallest absolute Gasteiger partial charge is 0.266 e. The molecule has 2 aromatic carbocycles. The number of nitrogens with zero attached hydrogens (tertiary/aromatic N) is 1. The monoisotopic (exact) mass is 451 g/mol. The van der Waals surface area contributed by atoms with Crippen molar-refractivity contribution in [3.63, 3.8) is 0 Å². The zero-order valence-corrected chi connectivity index (χ0v) is 18.8. The predicted molar refractivity (Wildman–Crippen MR) is 126 cm³/mol. The highest BCUT2D eigenvalue weighted by atomic mass is 32.2. The van der Waals surface area contributed by atoms with Gasteiger partial charge in [-0.25, -0.2) is 0 Å². The molecule has 7 heteroatoms. The molecule has 1 fully saturated rings. The third-order valence-electron chi connectivity index (χ3n) is 4.90. The van der Waals surface area contributed by atoms with E-state index in [1.807, 2.05) is 48.5 Å². The SMILES string of the molecule is COc1cc(C=C2SC(=S)N(Cc3ccco3)C2=O)ccc1OCc1ccccc1C. The summed E-state index contributed by atoms with van der Waals surface area (Å²) < 4.78 is 17.3. The van der Waals surface area contributed by atoms with Gasteiger partial charge in [-0.05, 0) is 54.0 Å². The van der Waals surface area contributed by atoms with Crippen LogP contribution in [0.4, 0.5) is 0 Å². The molecule has 0 spiro atoms. The highest BCUT2D eigenvalue weighted by Crippen LogP contribution is 2.35. The highest BCUT2D eigenvalue weighted by molar-refractivity contribution is 8.26. The molecule has 158 valence electrons. The Morgan fingerprint density at radius 3 is 2.71 bits per heavy atom. The molecule has 1 aliphatic heterocycles. The van der Waals surface area contributed by atoms with Crippen LogP contribution in [-0.2, 0) is 17.9 Å². The first-order chi connectivity index (χ1) is 15.0. The van der Waals surface area contributed by atoms with Gasteiger partial charge in [-0.15, -0.1) is 0 Å². The van der Waals surface area contributed by atoms with Crippen LogP contribution >= 0.6 is 24.0 Å². The van der Waals surface area contributed by atoms with Crippen LogP contribution in [0.2, 0.25) is 0 Å². The minimum Gasteiger partial charge on any atom is -0.493 e. The van der Waals surface area contributed by atoms with Gasteiger partial charge in [0.1, 0.15) is 16.7 Å². The lowest BCUT2D eigenvalue weighted by Gasteiger charge is -2.13. The normalized spacial score (nSPS) is 15.0. The van der Waals surface area contributed by atoms with Crippen LogP contribution in [-0.4, -0.2) is 22.2 Å². The fourth-order valence-corrected chi connectivity index (χ4v) is 4.42. The van der Waals surface area contributed by atoms with Crippen LogP contribution < -0.4 is 9.47 Å². The largest absolute Gasteiger partial charge is 0.493 e. The lowest BCUT2D eigenvalue weighted by atomic mass is 10.1. The Morgan fingerprint density at radius 1 is 1.13 bits per heavy atom. The topological polar surface area (TPSA) is 51.9 Å². The summed E-state index contributed by atoms with van der Waals surface area (Å²) in [6.07, 6.45) is 3.40. The molecule has 3 aromatic rings. The Morgan fingerprint density at radius 2 is 1.97 bits per heavy atom. The van der Waals surface area contributed by atoms with E-state index in [2.05, 4.69) is 13.0 Å². The number of carbonyl (C=O) groups is 1. The third kappa shape index (κ3) is 4.84. The van der Waals surface area contributed by atoms with Crippen LogP contribution in [0.3, 0.4) is 0 Å². The van der Waals surface area contributed by atoms with Crippen molar-refractivity contribution in [2.45, 2.75) is 20.1 Å². The van der Waals surface area contributed by atoms with Crippen LogP contribution in [0.5, 0.6) is 11.5 Å². The van der Waals surface area contributed by atoms with E-state index in [9.17, 15) is 4.79 Å². The molecule has 0 aliphatic carbocycles. The first-order valence-electron chi connectivity index (χ1n) is 9.68. The molecule has 0 unspecified atom stereocenters. The second-order valence-corrected chi connectivity index (χ2v) is 8.65. The molecule has 5 nitrogen and oxygen atoms in total. The van der Waals surface area contributed by atoms with Gasteiger partial charge in [0.15, 0.2) is 11.5 Å². The van der Waals surface area contributed by atoms with Gasteiger partial charge in [-0.3, -0.25) is 9.69 Å². The second kappa shape index (κ2) is 9.41. The average Bonchev–Trinajstić information content (AvgIpc) is 3.38. The number of hydrogen-bond acceptors (Lipinski definition) is 6. The van der Waals surface area contributed by atoms with Gasteiger partial charge in [0.25, 0.3) is 5.91 Å². The van der Waals surface area contributed by atoms with E-state index in [-0.39, 0.29) is 5.91 Å². The molecular weight excluding hydrogens is 430 g/mol. The molecule has 0 bridgehead atoms. The van der Waals surface area contributed by atoms with Crippen molar-refractivity contribution in [1.82, 2.24) is 4.90 Å². The number of thiocarbonyl (C=S) groups is 1. The van der Waals surface area contributed by atoms with Crippen LogP contribution in [0.1, 0.15) is 22.5 Å². The molecule has 0 saturated carbocycles. The van der Waals surface area contributed by atoms with E-state index in [4.69, 9.17) is 26.1 Å². The zero-order valence-electron chi connectivity index (χ0n) is 17.2. The summed E-state index contributed by atoms with van der Waals surface area (Å²) in [5.41, 5.74) is 3.13. The third-order valence-corrected chi connectivity index (χ3v) is 6.28. The van der Waals surface area contributed by atoms with Gasteiger partial charge in [-0.1, -0.05) is 54.3 Å². The molecule has 0 N–H and O–H groups in total. The van der Waals surface area contributed by atoms with E-state index < -0.39 is 0 Å². The molecular formula is C24H21NO4S2. The molecule has 1 aliphatic rings. The average molecular weight is 452 g/mol. The number of carbonyl (C=O) groups excluding carboxylic acids is 1. The number of ether oxygens (including phenoxy) is 2. The highest BCUT2D eigenvalue weighted by Gasteiger charge is 2.32. The molecule has 0 radical (unpaired) electrons. The maximum Gasteiger partial charge on any atom is 0.266 e. The second-order valence-electron chi connectivity index (χ2n) is 6.97. The van der Waals surface area contributed by atoms with Crippen molar-refractivity contribution in [3.8, 4) is 11.5 Å². The predicted octanol–water partition coefficient (Wildman–Crippen LogP) is 5.58. The van der Waals surface area contributed by atoms with E-state index >= 15 is 0 Å². The summed E-state index contributed by atoms with van der Waals surface area (Å²) in [5.74, 6) is 1.81. The number of rotatable bonds is 7. The number of benzene rings is 2. The number of furan rings is 1. The van der Waals surface area contributed by atoms with Gasteiger partial charge < -0.3 is 13.9 Å². The van der Waals surface area contributed by atoms with Crippen molar-refractivity contribution in [1.29, 1.82) is 0 Å². The molecule has 1 aromatic heterocycles. The van der Waals surface area contributed by atoms with Crippen molar-refractivity contribution in [2.75, 3.05) is 7.11 Å². The lowest BCUT2D eigenvalue weighted by Crippen LogP contribution is -2.27. The number of amides is 1. The quantitative estimate of drug-likeness (QED) is 0.345. The van der Waals surface area contributed by atoms with Crippen molar-refractivity contribution >= 4 is 40.3 Å². The lowest BCUT2D eigenvalue weighted by molar-refractivity contribution is -0.122. The number of aryl methyl sites for hydroxylation is 1. The standard InChI is InChI=1S/C24H21NO4S2/c1-16-6-3-4-7-18(16)15-29-20-10-9-17(12-21(20)27-2)13-22-23(26)25(24(30)31-22)14-19-8-5-11-28-19/h3-13H,14-15H2,1-2H3. The first-order valence-corrected chi connectivity index (χ1v) is 10.9. The van der Waals surface area contributed by atoms with Crippen molar-refractivity contribution in [2.24, 2.45) is 0 Å². The summed E-state index contributed by atoms with van der Waals surface area (Å²) >= 11 is 6.67. The number of hydrogen-bond donors (Lipinski definition) is 0. The van der Waals surface area contributed by atoms with Gasteiger partial charge in [0.05, 0.1) is 24.8 Å². The summed E-state index contributed by atoms with van der Waals surface area (Å²) in [6.45, 7) is 2.83. The Bertz CT molecular complexity index is 1140. The van der Waals surface area contributed by atoms with Crippen molar-refractivity contribution in [3.05, 3.63) is 88.2 Å². The Hall–Kier alpha value is -3.03. The summed E-state index contributed by atoms with van der Waals surface area (Å²) in [6, 6.07) is 17.3. The molecule has 0 atom stereocenters. The van der Waals surface area contributed by atoms with Crippen molar-refractivity contribution < 1.29 is 18.7 Å². The van der Waals surface area contributed by atoms with Crippen LogP contribution in [0, 0.1) is 6.92 Å². The minimum absolute atomic E-state index is 0.134. The van der Waals surface area contributed by atoms with Crippen LogP contribution in [0.15, 0.2) is 70.2 Å². The number of methoxy groups -OCH3 is 1. The van der Waals surface area contributed by atoms with E-state index in [0.29, 0.717) is 39.6 Å². The van der Waals surface area contributed by atoms with Gasteiger partial charge >= 0.3 is 0 Å². The Kier molecular flexibility index (Phi) is 6.44.